The Morgan fingerprint density at radius 3 is 2.67 bits per heavy atom. The first-order chi connectivity index (χ1) is 8.69. The van der Waals surface area contributed by atoms with Crippen molar-refractivity contribution in [1.82, 2.24) is 0 Å². The van der Waals surface area contributed by atoms with E-state index in [1.165, 1.54) is 6.07 Å². The van der Waals surface area contributed by atoms with Crippen LogP contribution in [0.5, 0.6) is 5.75 Å². The molecule has 2 aromatic carbocycles. The SMILES string of the molecule is N#Cc1cccc(COc2ccc(F)cc2F)c1. The van der Waals surface area contributed by atoms with Crippen LogP contribution < -0.4 is 4.74 Å². The Bertz CT molecular complexity index is 605. The summed E-state index contributed by atoms with van der Waals surface area (Å²) in [6.45, 7) is 0.123. The molecule has 0 fully saturated rings. The largest absolute Gasteiger partial charge is 0.486 e. The Morgan fingerprint density at radius 1 is 1.11 bits per heavy atom. The van der Waals surface area contributed by atoms with E-state index in [0.29, 0.717) is 5.56 Å². The monoisotopic (exact) mass is 245 g/mol. The molecule has 0 aliphatic heterocycles. The summed E-state index contributed by atoms with van der Waals surface area (Å²) in [4.78, 5) is 0. The number of benzene rings is 2. The lowest BCUT2D eigenvalue weighted by atomic mass is 10.1. The van der Waals surface area contributed by atoms with Crippen molar-refractivity contribution in [2.75, 3.05) is 0 Å². The summed E-state index contributed by atoms with van der Waals surface area (Å²) in [5.41, 5.74) is 1.26. The zero-order chi connectivity index (χ0) is 13.0. The Balaban J connectivity index is 2.09. The third-order valence-electron chi connectivity index (χ3n) is 2.34. The maximum Gasteiger partial charge on any atom is 0.167 e. The van der Waals surface area contributed by atoms with E-state index < -0.39 is 11.6 Å². The van der Waals surface area contributed by atoms with Crippen molar-refractivity contribution in [1.29, 1.82) is 5.26 Å². The van der Waals surface area contributed by atoms with Crippen LogP contribution in [0.1, 0.15) is 11.1 Å². The molecule has 0 radical (unpaired) electrons. The summed E-state index contributed by atoms with van der Waals surface area (Å²) in [6, 6.07) is 11.9. The van der Waals surface area contributed by atoms with Crippen LogP contribution in [0, 0.1) is 23.0 Å². The van der Waals surface area contributed by atoms with Crippen molar-refractivity contribution in [3.8, 4) is 11.8 Å². The molecule has 0 spiro atoms. The first kappa shape index (κ1) is 12.1. The van der Waals surface area contributed by atoms with Crippen LogP contribution in [-0.2, 0) is 6.61 Å². The van der Waals surface area contributed by atoms with Crippen LogP contribution in [0.2, 0.25) is 0 Å². The van der Waals surface area contributed by atoms with E-state index in [-0.39, 0.29) is 12.4 Å². The second-order valence-corrected chi connectivity index (χ2v) is 3.68. The van der Waals surface area contributed by atoms with Gasteiger partial charge in [0.2, 0.25) is 0 Å². The molecule has 4 heteroatoms. The highest BCUT2D eigenvalue weighted by atomic mass is 19.1. The summed E-state index contributed by atoms with van der Waals surface area (Å²) in [5.74, 6) is -1.41. The number of hydrogen-bond acceptors (Lipinski definition) is 2. The first-order valence-electron chi connectivity index (χ1n) is 5.26. The molecule has 0 bridgehead atoms. The van der Waals surface area contributed by atoms with Gasteiger partial charge in [0, 0.05) is 6.07 Å². The standard InChI is InChI=1S/C14H9F2NO/c15-12-4-5-14(13(16)7-12)18-9-11-3-1-2-10(6-11)8-17/h1-7H,9H2. The Kier molecular flexibility index (Phi) is 3.54. The molecule has 0 saturated heterocycles. The highest BCUT2D eigenvalue weighted by Gasteiger charge is 2.05. The van der Waals surface area contributed by atoms with Crippen molar-refractivity contribution >= 4 is 0 Å². The van der Waals surface area contributed by atoms with Gasteiger partial charge in [0.25, 0.3) is 0 Å². The van der Waals surface area contributed by atoms with Gasteiger partial charge >= 0.3 is 0 Å². The number of halogens is 2. The van der Waals surface area contributed by atoms with Gasteiger partial charge in [-0.25, -0.2) is 8.78 Å². The van der Waals surface area contributed by atoms with Gasteiger partial charge in [0.05, 0.1) is 11.6 Å². The Hall–Kier alpha value is -2.41. The minimum atomic E-state index is -0.744. The van der Waals surface area contributed by atoms with Crippen LogP contribution in [0.4, 0.5) is 8.78 Å². The van der Waals surface area contributed by atoms with E-state index >= 15 is 0 Å². The minimum Gasteiger partial charge on any atom is -0.486 e. The molecule has 0 aliphatic carbocycles. The molecule has 0 N–H and O–H groups in total. The summed E-state index contributed by atoms with van der Waals surface area (Å²) >= 11 is 0. The maximum absolute atomic E-state index is 13.3. The fourth-order valence-electron chi connectivity index (χ4n) is 1.48. The van der Waals surface area contributed by atoms with E-state index in [9.17, 15) is 8.78 Å². The predicted octanol–water partition coefficient (Wildman–Crippen LogP) is 3.42. The molecule has 0 aliphatic rings. The Morgan fingerprint density at radius 2 is 1.94 bits per heavy atom. The number of hydrogen-bond donors (Lipinski definition) is 0. The molecule has 0 unspecified atom stereocenters. The second kappa shape index (κ2) is 5.28. The van der Waals surface area contributed by atoms with Crippen molar-refractivity contribution in [3.05, 3.63) is 65.2 Å². The van der Waals surface area contributed by atoms with Crippen LogP contribution in [0.15, 0.2) is 42.5 Å². The smallest absolute Gasteiger partial charge is 0.167 e. The molecule has 0 amide bonds. The lowest BCUT2D eigenvalue weighted by Crippen LogP contribution is -1.98. The summed E-state index contributed by atoms with van der Waals surface area (Å²) in [5, 5.41) is 8.73. The summed E-state index contributed by atoms with van der Waals surface area (Å²) in [6.07, 6.45) is 0. The summed E-state index contributed by atoms with van der Waals surface area (Å²) < 4.78 is 31.2. The van der Waals surface area contributed by atoms with Gasteiger partial charge in [-0.1, -0.05) is 12.1 Å². The lowest BCUT2D eigenvalue weighted by Gasteiger charge is -2.07. The van der Waals surface area contributed by atoms with Gasteiger partial charge in [-0.3, -0.25) is 0 Å². The Labute approximate surface area is 103 Å². The third-order valence-corrected chi connectivity index (χ3v) is 2.34. The fraction of sp³-hybridized carbons (Fsp3) is 0.0714. The van der Waals surface area contributed by atoms with Gasteiger partial charge < -0.3 is 4.74 Å². The zero-order valence-electron chi connectivity index (χ0n) is 9.36. The van der Waals surface area contributed by atoms with Gasteiger partial charge in [0.15, 0.2) is 11.6 Å². The van der Waals surface area contributed by atoms with Crippen LogP contribution in [0.3, 0.4) is 0 Å². The van der Waals surface area contributed by atoms with E-state index in [1.807, 2.05) is 6.07 Å². The molecular weight excluding hydrogens is 236 g/mol. The average Bonchev–Trinajstić information content (AvgIpc) is 2.38. The third kappa shape index (κ3) is 2.83. The van der Waals surface area contributed by atoms with Crippen molar-refractivity contribution < 1.29 is 13.5 Å². The van der Waals surface area contributed by atoms with Crippen LogP contribution in [-0.4, -0.2) is 0 Å². The van der Waals surface area contributed by atoms with Gasteiger partial charge in [-0.05, 0) is 29.8 Å². The molecule has 18 heavy (non-hydrogen) atoms. The molecule has 2 rings (SSSR count). The molecular formula is C14H9F2NO. The average molecular weight is 245 g/mol. The zero-order valence-corrected chi connectivity index (χ0v) is 9.36. The quantitative estimate of drug-likeness (QED) is 0.830. The van der Waals surface area contributed by atoms with Crippen molar-refractivity contribution in [3.63, 3.8) is 0 Å². The summed E-state index contributed by atoms with van der Waals surface area (Å²) in [7, 11) is 0. The highest BCUT2D eigenvalue weighted by Crippen LogP contribution is 2.19. The minimum absolute atomic E-state index is 0.0150. The van der Waals surface area contributed by atoms with E-state index in [2.05, 4.69) is 0 Å². The molecule has 90 valence electrons. The van der Waals surface area contributed by atoms with Crippen molar-refractivity contribution in [2.45, 2.75) is 6.61 Å². The van der Waals surface area contributed by atoms with Crippen LogP contribution in [0.25, 0.3) is 0 Å². The predicted molar refractivity (Wildman–Crippen MR) is 61.8 cm³/mol. The molecule has 2 nitrogen and oxygen atoms in total. The van der Waals surface area contributed by atoms with Gasteiger partial charge in [-0.2, -0.15) is 5.26 Å². The molecule has 0 saturated carbocycles. The van der Waals surface area contributed by atoms with E-state index in [4.69, 9.17) is 10.00 Å². The molecule has 0 aromatic heterocycles. The molecule has 0 heterocycles. The number of nitriles is 1. The highest BCUT2D eigenvalue weighted by molar-refractivity contribution is 5.33. The topological polar surface area (TPSA) is 33.0 Å². The van der Waals surface area contributed by atoms with Gasteiger partial charge in [0.1, 0.15) is 12.4 Å². The maximum atomic E-state index is 13.3. The first-order valence-corrected chi connectivity index (χ1v) is 5.26. The molecule has 2 aromatic rings. The van der Waals surface area contributed by atoms with E-state index in [1.54, 1.807) is 24.3 Å². The normalized spacial score (nSPS) is 9.83. The second-order valence-electron chi connectivity index (χ2n) is 3.68. The van der Waals surface area contributed by atoms with Gasteiger partial charge in [-0.15, -0.1) is 0 Å². The molecule has 0 atom stereocenters. The number of ether oxygens (including phenoxy) is 1. The number of rotatable bonds is 3. The van der Waals surface area contributed by atoms with E-state index in [0.717, 1.165) is 17.7 Å². The van der Waals surface area contributed by atoms with Crippen molar-refractivity contribution in [2.24, 2.45) is 0 Å². The fourth-order valence-corrected chi connectivity index (χ4v) is 1.48. The lowest BCUT2D eigenvalue weighted by molar-refractivity contribution is 0.289. The van der Waals surface area contributed by atoms with Crippen LogP contribution >= 0.6 is 0 Å². The number of nitrogens with zero attached hydrogens (tertiary/aromatic N) is 1.